The summed E-state index contributed by atoms with van der Waals surface area (Å²) >= 11 is 5.96. The highest BCUT2D eigenvalue weighted by atomic mass is 35.5. The zero-order chi connectivity index (χ0) is 22.5. The Hall–Kier alpha value is -3.78. The van der Waals surface area contributed by atoms with Crippen LogP contribution in [-0.2, 0) is 13.3 Å². The van der Waals surface area contributed by atoms with Gasteiger partial charge >= 0.3 is 0 Å². The Bertz CT molecular complexity index is 1230. The minimum absolute atomic E-state index is 0.175. The fraction of sp³-hybridized carbons (Fsp3) is 0.174. The third-order valence-corrected chi connectivity index (χ3v) is 4.97. The first kappa shape index (κ1) is 21.5. The molecule has 9 heteroatoms. The van der Waals surface area contributed by atoms with Crippen molar-refractivity contribution < 1.29 is 14.3 Å². The molecule has 1 amide bonds. The molecular weight excluding hydrogens is 430 g/mol. The summed E-state index contributed by atoms with van der Waals surface area (Å²) in [4.78, 5) is 12.5. The van der Waals surface area contributed by atoms with Crippen molar-refractivity contribution in [3.05, 3.63) is 89.0 Å². The molecule has 164 valence electrons. The number of nitrogens with one attached hydrogen (secondary N) is 1. The summed E-state index contributed by atoms with van der Waals surface area (Å²) in [6, 6.07) is 14.8. The largest absolute Gasteiger partial charge is 0.497 e. The van der Waals surface area contributed by atoms with Gasteiger partial charge in [-0.05, 0) is 54.4 Å². The van der Waals surface area contributed by atoms with Crippen LogP contribution in [0.4, 0.5) is 5.69 Å². The number of ether oxygens (including phenoxy) is 2. The molecule has 0 spiro atoms. The van der Waals surface area contributed by atoms with E-state index in [9.17, 15) is 4.79 Å². The van der Waals surface area contributed by atoms with Crippen molar-refractivity contribution >= 4 is 23.2 Å². The fourth-order valence-electron chi connectivity index (χ4n) is 3.13. The van der Waals surface area contributed by atoms with E-state index >= 15 is 0 Å². The van der Waals surface area contributed by atoms with Gasteiger partial charge in [-0.25, -0.2) is 4.68 Å². The zero-order valence-corrected chi connectivity index (χ0v) is 18.4. The molecule has 2 heterocycles. The Morgan fingerprint density at radius 2 is 2.03 bits per heavy atom. The van der Waals surface area contributed by atoms with Crippen LogP contribution in [0.1, 0.15) is 21.6 Å². The number of anilines is 1. The molecule has 0 saturated heterocycles. The van der Waals surface area contributed by atoms with Gasteiger partial charge in [0.15, 0.2) is 12.4 Å². The number of hydrogen-bond donors (Lipinski definition) is 1. The lowest BCUT2D eigenvalue weighted by Crippen LogP contribution is -2.14. The number of benzene rings is 2. The SMILES string of the molecule is COc1cccc(Cn2cc(NC(=O)c3ccn(COc4ccc(Cl)cc4C)n3)cn2)c1. The van der Waals surface area contributed by atoms with E-state index in [2.05, 4.69) is 15.5 Å². The Balaban J connectivity index is 1.34. The molecule has 2 aromatic carbocycles. The van der Waals surface area contributed by atoms with Crippen LogP contribution in [-0.4, -0.2) is 32.6 Å². The van der Waals surface area contributed by atoms with Crippen LogP contribution in [0.25, 0.3) is 0 Å². The zero-order valence-electron chi connectivity index (χ0n) is 17.7. The van der Waals surface area contributed by atoms with Gasteiger partial charge in [0.05, 0.1) is 25.5 Å². The number of carbonyl (C=O) groups is 1. The Labute approximate surface area is 190 Å². The second-order valence-corrected chi connectivity index (χ2v) is 7.59. The molecular formula is C23H22ClN5O3. The molecule has 0 fully saturated rings. The monoisotopic (exact) mass is 451 g/mol. The summed E-state index contributed by atoms with van der Waals surface area (Å²) in [7, 11) is 1.63. The molecule has 0 bridgehead atoms. The number of methoxy groups -OCH3 is 1. The number of amides is 1. The molecule has 32 heavy (non-hydrogen) atoms. The van der Waals surface area contributed by atoms with Crippen LogP contribution in [0.3, 0.4) is 0 Å². The second kappa shape index (κ2) is 9.57. The maximum absolute atomic E-state index is 12.5. The number of halogens is 1. The normalized spacial score (nSPS) is 10.7. The molecule has 0 aliphatic rings. The minimum Gasteiger partial charge on any atom is -0.497 e. The summed E-state index contributed by atoms with van der Waals surface area (Å²) in [6.45, 7) is 2.65. The number of nitrogens with zero attached hydrogens (tertiary/aromatic N) is 4. The summed E-state index contributed by atoms with van der Waals surface area (Å²) in [5.74, 6) is 1.17. The average molecular weight is 452 g/mol. The van der Waals surface area contributed by atoms with Crippen LogP contribution in [0.15, 0.2) is 67.1 Å². The smallest absolute Gasteiger partial charge is 0.276 e. The van der Waals surface area contributed by atoms with Crippen molar-refractivity contribution in [1.82, 2.24) is 19.6 Å². The summed E-state index contributed by atoms with van der Waals surface area (Å²) in [6.07, 6.45) is 5.05. The van der Waals surface area contributed by atoms with E-state index in [-0.39, 0.29) is 18.3 Å². The summed E-state index contributed by atoms with van der Waals surface area (Å²) in [5, 5.41) is 12.0. The van der Waals surface area contributed by atoms with E-state index in [1.165, 1.54) is 0 Å². The highest BCUT2D eigenvalue weighted by Gasteiger charge is 2.12. The molecule has 0 unspecified atom stereocenters. The van der Waals surface area contributed by atoms with Crippen molar-refractivity contribution in [2.24, 2.45) is 0 Å². The molecule has 0 aliphatic heterocycles. The van der Waals surface area contributed by atoms with Crippen molar-refractivity contribution in [2.45, 2.75) is 20.2 Å². The predicted molar refractivity (Wildman–Crippen MR) is 121 cm³/mol. The predicted octanol–water partition coefficient (Wildman–Crippen LogP) is 4.39. The van der Waals surface area contributed by atoms with Gasteiger partial charge in [0.25, 0.3) is 5.91 Å². The fourth-order valence-corrected chi connectivity index (χ4v) is 3.36. The van der Waals surface area contributed by atoms with Crippen molar-refractivity contribution in [3.63, 3.8) is 0 Å². The van der Waals surface area contributed by atoms with Crippen LogP contribution in [0, 0.1) is 6.92 Å². The van der Waals surface area contributed by atoms with E-state index in [1.807, 2.05) is 37.3 Å². The number of aromatic nitrogens is 4. The molecule has 4 rings (SSSR count). The van der Waals surface area contributed by atoms with E-state index in [0.29, 0.717) is 23.0 Å². The third kappa shape index (κ3) is 5.28. The Kier molecular flexibility index (Phi) is 6.42. The topological polar surface area (TPSA) is 83.2 Å². The van der Waals surface area contributed by atoms with Gasteiger partial charge in [0.1, 0.15) is 11.5 Å². The van der Waals surface area contributed by atoms with Crippen molar-refractivity contribution in [2.75, 3.05) is 12.4 Å². The molecule has 0 saturated carbocycles. The lowest BCUT2D eigenvalue weighted by Gasteiger charge is -2.09. The van der Waals surface area contributed by atoms with Gasteiger partial charge in [-0.3, -0.25) is 9.48 Å². The first-order chi connectivity index (χ1) is 15.5. The van der Waals surface area contributed by atoms with Crippen LogP contribution in [0.5, 0.6) is 11.5 Å². The van der Waals surface area contributed by atoms with Gasteiger partial charge in [-0.15, -0.1) is 0 Å². The Morgan fingerprint density at radius 1 is 1.16 bits per heavy atom. The van der Waals surface area contributed by atoms with E-state index in [1.54, 1.807) is 53.3 Å². The first-order valence-corrected chi connectivity index (χ1v) is 10.3. The quantitative estimate of drug-likeness (QED) is 0.429. The van der Waals surface area contributed by atoms with Crippen LogP contribution >= 0.6 is 11.6 Å². The van der Waals surface area contributed by atoms with Gasteiger partial charge in [-0.1, -0.05) is 23.7 Å². The minimum atomic E-state index is -0.327. The molecule has 8 nitrogen and oxygen atoms in total. The van der Waals surface area contributed by atoms with E-state index < -0.39 is 0 Å². The third-order valence-electron chi connectivity index (χ3n) is 4.73. The molecule has 0 aliphatic carbocycles. The van der Waals surface area contributed by atoms with Crippen molar-refractivity contribution in [1.29, 1.82) is 0 Å². The number of rotatable bonds is 8. The van der Waals surface area contributed by atoms with Gasteiger partial charge in [0, 0.05) is 17.4 Å². The molecule has 1 N–H and O–H groups in total. The first-order valence-electron chi connectivity index (χ1n) is 9.89. The summed E-state index contributed by atoms with van der Waals surface area (Å²) in [5.41, 5.74) is 2.83. The number of carbonyl (C=O) groups excluding carboxylic acids is 1. The molecule has 2 aromatic heterocycles. The highest BCUT2D eigenvalue weighted by molar-refractivity contribution is 6.30. The standard InChI is InChI=1S/C23H22ClN5O3/c1-16-10-18(24)6-7-22(16)32-15-28-9-8-21(27-28)23(30)26-19-12-25-29(14-19)13-17-4-3-5-20(11-17)31-2/h3-12,14H,13,15H2,1-2H3,(H,26,30). The maximum Gasteiger partial charge on any atom is 0.276 e. The molecule has 4 aromatic rings. The average Bonchev–Trinajstić information content (AvgIpc) is 3.43. The van der Waals surface area contributed by atoms with Crippen LogP contribution < -0.4 is 14.8 Å². The van der Waals surface area contributed by atoms with Gasteiger partial charge in [-0.2, -0.15) is 10.2 Å². The lowest BCUT2D eigenvalue weighted by atomic mass is 10.2. The number of aryl methyl sites for hydroxylation is 1. The second-order valence-electron chi connectivity index (χ2n) is 7.16. The van der Waals surface area contributed by atoms with Crippen LogP contribution in [0.2, 0.25) is 5.02 Å². The van der Waals surface area contributed by atoms with Gasteiger partial charge < -0.3 is 14.8 Å². The van der Waals surface area contributed by atoms with E-state index in [4.69, 9.17) is 21.1 Å². The summed E-state index contributed by atoms with van der Waals surface area (Å²) < 4.78 is 14.3. The Morgan fingerprint density at radius 3 is 2.84 bits per heavy atom. The van der Waals surface area contributed by atoms with Crippen molar-refractivity contribution in [3.8, 4) is 11.5 Å². The van der Waals surface area contributed by atoms with E-state index in [0.717, 1.165) is 16.9 Å². The molecule has 0 atom stereocenters. The number of hydrogen-bond acceptors (Lipinski definition) is 5. The van der Waals surface area contributed by atoms with Gasteiger partial charge in [0.2, 0.25) is 0 Å². The lowest BCUT2D eigenvalue weighted by molar-refractivity contribution is 0.102. The highest BCUT2D eigenvalue weighted by Crippen LogP contribution is 2.22. The molecule has 0 radical (unpaired) electrons. The maximum atomic E-state index is 12.5.